The van der Waals surface area contributed by atoms with Gasteiger partial charge in [-0.2, -0.15) is 15.1 Å². The van der Waals surface area contributed by atoms with Crippen LogP contribution in [0.3, 0.4) is 0 Å². The summed E-state index contributed by atoms with van der Waals surface area (Å²) in [5.74, 6) is -0.157. The van der Waals surface area contributed by atoms with Crippen molar-refractivity contribution in [2.24, 2.45) is 0 Å². The summed E-state index contributed by atoms with van der Waals surface area (Å²) in [6, 6.07) is 5.99. The summed E-state index contributed by atoms with van der Waals surface area (Å²) in [5.41, 5.74) is 1.53. The molecular weight excluding hydrogens is 494 g/mol. The first-order valence-electron chi connectivity index (χ1n) is 12.3. The summed E-state index contributed by atoms with van der Waals surface area (Å²) >= 11 is 0. The molecule has 4 aromatic rings. The van der Waals surface area contributed by atoms with E-state index < -0.39 is 11.6 Å². The number of halogens is 2. The minimum absolute atomic E-state index is 0.0185. The average molecular weight is 525 g/mol. The third-order valence-corrected chi connectivity index (χ3v) is 6.03. The van der Waals surface area contributed by atoms with Gasteiger partial charge in [0.1, 0.15) is 11.6 Å². The molecule has 0 saturated carbocycles. The summed E-state index contributed by atoms with van der Waals surface area (Å²) in [5, 5.41) is 10.4. The first-order valence-corrected chi connectivity index (χ1v) is 12.3. The first-order chi connectivity index (χ1) is 18.3. The highest BCUT2D eigenvalue weighted by atomic mass is 19.1. The fraction of sp³-hybridized carbons (Fsp3) is 0.346. The molecule has 200 valence electrons. The molecular formula is C26H30F2N8O2. The van der Waals surface area contributed by atoms with Crippen LogP contribution in [0.4, 0.5) is 26.2 Å². The Morgan fingerprint density at radius 1 is 1.21 bits per heavy atom. The van der Waals surface area contributed by atoms with Crippen LogP contribution in [0.15, 0.2) is 30.3 Å². The van der Waals surface area contributed by atoms with Crippen molar-refractivity contribution in [2.45, 2.75) is 20.0 Å². The number of likely N-dealkylation sites (N-methyl/N-ethyl adjacent to an activating group) is 1. The Balaban J connectivity index is 1.49. The Bertz CT molecular complexity index is 1470. The Labute approximate surface area is 218 Å². The summed E-state index contributed by atoms with van der Waals surface area (Å²) in [6.45, 7) is 6.11. The summed E-state index contributed by atoms with van der Waals surface area (Å²) in [7, 11) is 3.98. The van der Waals surface area contributed by atoms with E-state index in [-0.39, 0.29) is 28.8 Å². The number of allylic oxidation sites excluding steroid dienone is 1. The molecule has 0 bridgehead atoms. The largest absolute Gasteiger partial charge is 0.421 e. The van der Waals surface area contributed by atoms with Crippen LogP contribution >= 0.6 is 0 Å². The van der Waals surface area contributed by atoms with Gasteiger partial charge in [0.2, 0.25) is 0 Å². The van der Waals surface area contributed by atoms with Gasteiger partial charge in [0.05, 0.1) is 23.9 Å². The van der Waals surface area contributed by atoms with Crippen molar-refractivity contribution >= 4 is 34.4 Å². The predicted octanol–water partition coefficient (Wildman–Crippen LogP) is 4.60. The van der Waals surface area contributed by atoms with Crippen molar-refractivity contribution in [3.8, 4) is 11.8 Å². The summed E-state index contributed by atoms with van der Waals surface area (Å²) in [4.78, 5) is 15.9. The Kier molecular flexibility index (Phi) is 7.25. The fourth-order valence-electron chi connectivity index (χ4n) is 4.43. The summed E-state index contributed by atoms with van der Waals surface area (Å²) in [6.07, 6.45) is 3.76. The molecule has 4 heterocycles. The molecule has 0 amide bonds. The maximum Gasteiger partial charge on any atom is 0.326 e. The van der Waals surface area contributed by atoms with Gasteiger partial charge < -0.3 is 29.6 Å². The number of aryl methyl sites for hydroxylation is 1. The third-order valence-electron chi connectivity index (χ3n) is 6.03. The van der Waals surface area contributed by atoms with Gasteiger partial charge in [-0.3, -0.25) is 5.10 Å². The molecule has 1 atom stereocenters. The number of anilines is 3. The van der Waals surface area contributed by atoms with E-state index in [0.29, 0.717) is 42.8 Å². The van der Waals surface area contributed by atoms with Gasteiger partial charge in [-0.05, 0) is 40.1 Å². The molecule has 0 aliphatic carbocycles. The Hall–Kier alpha value is -4.03. The van der Waals surface area contributed by atoms with Crippen molar-refractivity contribution in [3.05, 3.63) is 53.4 Å². The molecule has 1 unspecified atom stereocenters. The second-order valence-electron chi connectivity index (χ2n) is 9.44. The van der Waals surface area contributed by atoms with Gasteiger partial charge >= 0.3 is 6.01 Å². The Morgan fingerprint density at radius 3 is 2.84 bits per heavy atom. The molecule has 0 radical (unpaired) electrons. The van der Waals surface area contributed by atoms with Gasteiger partial charge in [-0.25, -0.2) is 8.78 Å². The molecule has 38 heavy (non-hydrogen) atoms. The van der Waals surface area contributed by atoms with Crippen LogP contribution in [0.1, 0.15) is 18.3 Å². The van der Waals surface area contributed by atoms with Gasteiger partial charge in [-0.15, -0.1) is 0 Å². The van der Waals surface area contributed by atoms with E-state index in [2.05, 4.69) is 40.3 Å². The van der Waals surface area contributed by atoms with Crippen LogP contribution in [-0.2, 0) is 4.74 Å². The molecule has 1 aliphatic heterocycles. The number of aromatic nitrogens is 5. The lowest BCUT2D eigenvalue weighted by atomic mass is 10.2. The number of nitrogens with zero attached hydrogens (tertiary/aromatic N) is 5. The lowest BCUT2D eigenvalue weighted by Crippen LogP contribution is -2.46. The maximum absolute atomic E-state index is 15.3. The smallest absolute Gasteiger partial charge is 0.326 e. The number of benzene rings is 1. The minimum Gasteiger partial charge on any atom is -0.421 e. The van der Waals surface area contributed by atoms with Gasteiger partial charge in [0, 0.05) is 48.9 Å². The second-order valence-corrected chi connectivity index (χ2v) is 9.44. The number of aromatic amines is 2. The SMILES string of the molecule is C/C=C/c1cc(Nc2cc(N3CCOC(CN(C)C)C3)nc(Oc3cc(F)c4[nH]c(C)cc4c3F)n2)n[nH]1. The van der Waals surface area contributed by atoms with Crippen molar-refractivity contribution in [2.75, 3.05) is 50.6 Å². The first kappa shape index (κ1) is 25.6. The van der Waals surface area contributed by atoms with Crippen LogP contribution in [-0.4, -0.2) is 76.5 Å². The number of fused-ring (bicyclic) bond motifs is 1. The van der Waals surface area contributed by atoms with Crippen LogP contribution in [0.5, 0.6) is 11.8 Å². The number of hydrogen-bond donors (Lipinski definition) is 3. The number of hydrogen-bond acceptors (Lipinski definition) is 8. The molecule has 5 rings (SSSR count). The molecule has 1 fully saturated rings. The van der Waals surface area contributed by atoms with Crippen LogP contribution < -0.4 is 15.0 Å². The number of morpholine rings is 1. The highest BCUT2D eigenvalue weighted by Crippen LogP contribution is 2.33. The minimum atomic E-state index is -0.699. The lowest BCUT2D eigenvalue weighted by molar-refractivity contribution is 0.0245. The highest BCUT2D eigenvalue weighted by molar-refractivity contribution is 5.83. The number of rotatable bonds is 8. The zero-order valence-corrected chi connectivity index (χ0v) is 21.7. The quantitative estimate of drug-likeness (QED) is 0.307. The number of nitrogens with one attached hydrogen (secondary N) is 3. The van der Waals surface area contributed by atoms with Crippen molar-refractivity contribution < 1.29 is 18.3 Å². The summed E-state index contributed by atoms with van der Waals surface area (Å²) < 4.78 is 41.6. The third kappa shape index (κ3) is 5.60. The van der Waals surface area contributed by atoms with Crippen LogP contribution in [0.2, 0.25) is 0 Å². The van der Waals surface area contributed by atoms with Gasteiger partial charge in [0.15, 0.2) is 23.2 Å². The van der Waals surface area contributed by atoms with Gasteiger partial charge in [-0.1, -0.05) is 6.08 Å². The normalized spacial score (nSPS) is 16.2. The second kappa shape index (κ2) is 10.8. The standard InChI is InChI=1S/C26H30F2N8O2/c1-5-6-16-10-22(34-33-16)30-21-12-23(36-7-8-37-17(14-36)13-35(3)4)32-26(31-21)38-20-11-19(27)25-18(24(20)28)9-15(2)29-25/h5-6,9-12,17,29H,7-8,13-14H2,1-4H3,(H2,30,31,32,33,34)/b6-5+. The maximum atomic E-state index is 15.3. The van der Waals surface area contributed by atoms with E-state index in [1.54, 1.807) is 13.0 Å². The molecule has 3 aromatic heterocycles. The molecule has 1 aliphatic rings. The van der Waals surface area contributed by atoms with Crippen LogP contribution in [0, 0.1) is 18.6 Å². The zero-order chi connectivity index (χ0) is 26.8. The van der Waals surface area contributed by atoms with E-state index >= 15 is 4.39 Å². The van der Waals surface area contributed by atoms with E-state index in [4.69, 9.17) is 9.47 Å². The Morgan fingerprint density at radius 2 is 2.05 bits per heavy atom. The van der Waals surface area contributed by atoms with Crippen LogP contribution in [0.25, 0.3) is 17.0 Å². The predicted molar refractivity (Wildman–Crippen MR) is 142 cm³/mol. The van der Waals surface area contributed by atoms with Crippen molar-refractivity contribution in [1.29, 1.82) is 0 Å². The van der Waals surface area contributed by atoms with E-state index in [1.807, 2.05) is 39.2 Å². The molecule has 10 nitrogen and oxygen atoms in total. The molecule has 1 saturated heterocycles. The monoisotopic (exact) mass is 524 g/mol. The molecule has 12 heteroatoms. The zero-order valence-electron chi connectivity index (χ0n) is 21.7. The fourth-order valence-corrected chi connectivity index (χ4v) is 4.43. The topological polar surface area (TPSA) is 107 Å². The molecule has 0 spiro atoms. The van der Waals surface area contributed by atoms with Crippen molar-refractivity contribution in [1.82, 2.24) is 30.0 Å². The van der Waals surface area contributed by atoms with Crippen molar-refractivity contribution in [3.63, 3.8) is 0 Å². The molecule has 1 aromatic carbocycles. The average Bonchev–Trinajstić information content (AvgIpc) is 3.48. The number of H-pyrrole nitrogens is 2. The highest BCUT2D eigenvalue weighted by Gasteiger charge is 2.24. The van der Waals surface area contributed by atoms with Gasteiger partial charge in [0.25, 0.3) is 0 Å². The molecule has 3 N–H and O–H groups in total. The lowest BCUT2D eigenvalue weighted by Gasteiger charge is -2.35. The van der Waals surface area contributed by atoms with E-state index in [0.717, 1.165) is 18.3 Å². The van der Waals surface area contributed by atoms with E-state index in [1.165, 1.54) is 6.07 Å². The van der Waals surface area contributed by atoms with E-state index in [9.17, 15) is 4.39 Å². The number of ether oxygens (including phenoxy) is 2.